The summed E-state index contributed by atoms with van der Waals surface area (Å²) in [5.74, 6) is 0.816. The second-order valence-corrected chi connectivity index (χ2v) is 5.28. The number of para-hydroxylation sites is 1. The molecule has 19 heavy (non-hydrogen) atoms. The number of aryl methyl sites for hydroxylation is 1. The third-order valence-electron chi connectivity index (χ3n) is 3.57. The van der Waals surface area contributed by atoms with Crippen LogP contribution in [-0.2, 0) is 4.79 Å². The Morgan fingerprint density at radius 2 is 2.16 bits per heavy atom. The van der Waals surface area contributed by atoms with E-state index in [0.29, 0.717) is 6.54 Å². The minimum Gasteiger partial charge on any atom is -0.488 e. The van der Waals surface area contributed by atoms with Gasteiger partial charge in [0.2, 0.25) is 5.91 Å². The maximum absolute atomic E-state index is 11.8. The number of hydrogen-bond donors (Lipinski definition) is 2. The predicted octanol–water partition coefficient (Wildman–Crippen LogP) is 1.76. The van der Waals surface area contributed by atoms with Crippen molar-refractivity contribution < 1.29 is 9.53 Å². The number of benzene rings is 1. The van der Waals surface area contributed by atoms with E-state index in [1.807, 2.05) is 38.1 Å². The smallest absolute Gasteiger partial charge is 0.240 e. The zero-order valence-electron chi connectivity index (χ0n) is 11.6. The maximum Gasteiger partial charge on any atom is 0.240 e. The van der Waals surface area contributed by atoms with Gasteiger partial charge in [0.15, 0.2) is 0 Å². The van der Waals surface area contributed by atoms with Crippen molar-refractivity contribution in [1.82, 2.24) is 5.32 Å². The molecule has 0 spiro atoms. The van der Waals surface area contributed by atoms with Crippen molar-refractivity contribution >= 4 is 5.91 Å². The molecule has 1 fully saturated rings. The van der Waals surface area contributed by atoms with Crippen LogP contribution in [0.3, 0.4) is 0 Å². The van der Waals surface area contributed by atoms with E-state index in [1.54, 1.807) is 0 Å². The van der Waals surface area contributed by atoms with Gasteiger partial charge in [-0.1, -0.05) is 25.1 Å². The lowest BCUT2D eigenvalue weighted by Crippen LogP contribution is -2.46. The van der Waals surface area contributed by atoms with E-state index in [0.717, 1.165) is 30.6 Å². The van der Waals surface area contributed by atoms with Crippen molar-refractivity contribution in [2.45, 2.75) is 44.8 Å². The van der Waals surface area contributed by atoms with E-state index in [4.69, 9.17) is 10.5 Å². The highest BCUT2D eigenvalue weighted by atomic mass is 16.5. The van der Waals surface area contributed by atoms with Crippen LogP contribution in [0.15, 0.2) is 24.3 Å². The zero-order chi connectivity index (χ0) is 13.9. The van der Waals surface area contributed by atoms with Crippen molar-refractivity contribution in [3.05, 3.63) is 29.8 Å². The number of nitrogens with two attached hydrogens (primary N) is 1. The Kier molecular flexibility index (Phi) is 4.10. The number of carbonyl (C=O) groups is 1. The van der Waals surface area contributed by atoms with Crippen LogP contribution in [0.2, 0.25) is 0 Å². The molecule has 4 nitrogen and oxygen atoms in total. The zero-order valence-corrected chi connectivity index (χ0v) is 11.6. The third-order valence-corrected chi connectivity index (χ3v) is 3.57. The molecule has 104 valence electrons. The highest BCUT2D eigenvalue weighted by Crippen LogP contribution is 2.32. The molecular formula is C15H22N2O2. The summed E-state index contributed by atoms with van der Waals surface area (Å²) >= 11 is 0. The lowest BCUT2D eigenvalue weighted by Gasteiger charge is -2.20. The van der Waals surface area contributed by atoms with Crippen molar-refractivity contribution in [3.63, 3.8) is 0 Å². The summed E-state index contributed by atoms with van der Waals surface area (Å²) in [6.45, 7) is 4.56. The van der Waals surface area contributed by atoms with Crippen LogP contribution < -0.4 is 15.8 Å². The third kappa shape index (κ3) is 3.47. The molecule has 1 unspecified atom stereocenters. The molecule has 1 aliphatic carbocycles. The molecule has 2 rings (SSSR count). The fourth-order valence-corrected chi connectivity index (χ4v) is 1.88. The van der Waals surface area contributed by atoms with E-state index in [1.165, 1.54) is 0 Å². The first-order chi connectivity index (χ1) is 9.05. The standard InChI is InChI=1S/C15H22N2O2/c1-3-12(10-17-14(18)15(16)8-9-15)19-13-7-5-4-6-11(13)2/h4-7,12H,3,8-10,16H2,1-2H3,(H,17,18). The van der Waals surface area contributed by atoms with Gasteiger partial charge in [0.25, 0.3) is 0 Å². The number of nitrogens with one attached hydrogen (secondary N) is 1. The van der Waals surface area contributed by atoms with E-state index in [2.05, 4.69) is 5.32 Å². The van der Waals surface area contributed by atoms with Crippen LogP contribution in [-0.4, -0.2) is 24.1 Å². The molecule has 1 amide bonds. The number of hydrogen-bond acceptors (Lipinski definition) is 3. The topological polar surface area (TPSA) is 64.4 Å². The second-order valence-electron chi connectivity index (χ2n) is 5.28. The number of rotatable bonds is 6. The molecule has 0 heterocycles. The van der Waals surface area contributed by atoms with Gasteiger partial charge >= 0.3 is 0 Å². The van der Waals surface area contributed by atoms with E-state index < -0.39 is 5.54 Å². The lowest BCUT2D eigenvalue weighted by molar-refractivity contribution is -0.123. The minimum absolute atomic E-state index is 0.0209. The van der Waals surface area contributed by atoms with Crippen molar-refractivity contribution in [3.8, 4) is 5.75 Å². The summed E-state index contributed by atoms with van der Waals surface area (Å²) in [6.07, 6.45) is 2.39. The molecule has 0 bridgehead atoms. The Morgan fingerprint density at radius 3 is 2.74 bits per heavy atom. The van der Waals surface area contributed by atoms with Crippen LogP contribution in [0.1, 0.15) is 31.7 Å². The molecule has 1 aliphatic rings. The van der Waals surface area contributed by atoms with E-state index in [-0.39, 0.29) is 12.0 Å². The molecule has 4 heteroatoms. The summed E-state index contributed by atoms with van der Waals surface area (Å²) in [6, 6.07) is 7.90. The molecular weight excluding hydrogens is 240 g/mol. The lowest BCUT2D eigenvalue weighted by atomic mass is 10.2. The Bertz CT molecular complexity index is 455. The molecule has 1 aromatic rings. The van der Waals surface area contributed by atoms with E-state index >= 15 is 0 Å². The molecule has 3 N–H and O–H groups in total. The summed E-state index contributed by atoms with van der Waals surface area (Å²) < 4.78 is 5.92. The van der Waals surface area contributed by atoms with Gasteiger partial charge in [0.05, 0.1) is 12.1 Å². The monoisotopic (exact) mass is 262 g/mol. The fraction of sp³-hybridized carbons (Fsp3) is 0.533. The van der Waals surface area contributed by atoms with Crippen molar-refractivity contribution in [1.29, 1.82) is 0 Å². The van der Waals surface area contributed by atoms with Gasteiger partial charge in [-0.25, -0.2) is 0 Å². The summed E-state index contributed by atoms with van der Waals surface area (Å²) in [7, 11) is 0. The normalized spacial score (nSPS) is 17.6. The van der Waals surface area contributed by atoms with Crippen LogP contribution in [0.25, 0.3) is 0 Å². The quantitative estimate of drug-likeness (QED) is 0.821. The molecule has 1 aromatic carbocycles. The average molecular weight is 262 g/mol. The molecule has 0 aromatic heterocycles. The highest BCUT2D eigenvalue weighted by molar-refractivity contribution is 5.88. The molecule has 0 aliphatic heterocycles. The molecule has 1 saturated carbocycles. The summed E-state index contributed by atoms with van der Waals surface area (Å²) in [5.41, 5.74) is 6.33. The summed E-state index contributed by atoms with van der Waals surface area (Å²) in [5, 5.41) is 2.89. The molecule has 1 atom stereocenters. The Balaban J connectivity index is 1.87. The number of ether oxygens (including phenoxy) is 1. The van der Waals surface area contributed by atoms with Gasteiger partial charge in [0.1, 0.15) is 11.9 Å². The van der Waals surface area contributed by atoms with Gasteiger partial charge < -0.3 is 15.8 Å². The van der Waals surface area contributed by atoms with Crippen molar-refractivity contribution in [2.24, 2.45) is 5.73 Å². The molecule has 0 saturated heterocycles. The SMILES string of the molecule is CCC(CNC(=O)C1(N)CC1)Oc1ccccc1C. The van der Waals surface area contributed by atoms with Gasteiger partial charge in [-0.05, 0) is 37.8 Å². The van der Waals surface area contributed by atoms with Gasteiger partial charge in [-0.2, -0.15) is 0 Å². The van der Waals surface area contributed by atoms with Gasteiger partial charge in [0, 0.05) is 0 Å². The first-order valence-corrected chi connectivity index (χ1v) is 6.84. The predicted molar refractivity (Wildman–Crippen MR) is 75.0 cm³/mol. The number of amides is 1. The Labute approximate surface area is 114 Å². The Hall–Kier alpha value is -1.55. The van der Waals surface area contributed by atoms with E-state index in [9.17, 15) is 4.79 Å². The van der Waals surface area contributed by atoms with Crippen molar-refractivity contribution in [2.75, 3.05) is 6.54 Å². The maximum atomic E-state index is 11.8. The summed E-state index contributed by atoms with van der Waals surface area (Å²) in [4.78, 5) is 11.8. The van der Waals surface area contributed by atoms with Crippen LogP contribution in [0.4, 0.5) is 0 Å². The number of carbonyl (C=O) groups excluding carboxylic acids is 1. The Morgan fingerprint density at radius 1 is 1.47 bits per heavy atom. The average Bonchev–Trinajstić information content (AvgIpc) is 3.15. The largest absolute Gasteiger partial charge is 0.488 e. The van der Waals surface area contributed by atoms with Crippen LogP contribution >= 0.6 is 0 Å². The van der Waals surface area contributed by atoms with Crippen LogP contribution in [0.5, 0.6) is 5.75 Å². The molecule has 0 radical (unpaired) electrons. The second kappa shape index (κ2) is 5.61. The van der Waals surface area contributed by atoms with Gasteiger partial charge in [-0.15, -0.1) is 0 Å². The van der Waals surface area contributed by atoms with Crippen LogP contribution in [0, 0.1) is 6.92 Å². The minimum atomic E-state index is -0.610. The first-order valence-electron chi connectivity index (χ1n) is 6.84. The highest BCUT2D eigenvalue weighted by Gasteiger charge is 2.45. The first kappa shape index (κ1) is 13.9. The van der Waals surface area contributed by atoms with Gasteiger partial charge in [-0.3, -0.25) is 4.79 Å². The fourth-order valence-electron chi connectivity index (χ4n) is 1.88.